The molecule has 8 heteroatoms. The summed E-state index contributed by atoms with van der Waals surface area (Å²) in [5, 5.41) is 13.9. The number of urea groups is 1. The molecule has 0 aliphatic carbocycles. The standard InChI is InChI=1S/C17H21N5O2S/c1-3-10-18-16(24)19-14(23)12-25-17-21-20-15(22(17)11-4-2)13-8-6-5-7-9-13/h4-9H,2-3,10-12H2,1H3,(H2,18,19,23,24). The van der Waals surface area contributed by atoms with Crippen molar-refractivity contribution >= 4 is 23.7 Å². The molecule has 0 bridgehead atoms. The minimum Gasteiger partial charge on any atom is -0.338 e. The van der Waals surface area contributed by atoms with E-state index in [2.05, 4.69) is 27.4 Å². The van der Waals surface area contributed by atoms with Crippen LogP contribution in [-0.2, 0) is 11.3 Å². The Hall–Kier alpha value is -2.61. The molecule has 0 aliphatic heterocycles. The van der Waals surface area contributed by atoms with Crippen LogP contribution in [0.15, 0.2) is 48.1 Å². The van der Waals surface area contributed by atoms with Gasteiger partial charge in [-0.3, -0.25) is 14.7 Å². The van der Waals surface area contributed by atoms with Gasteiger partial charge < -0.3 is 5.32 Å². The second-order valence-corrected chi connectivity index (χ2v) is 6.11. The van der Waals surface area contributed by atoms with Crippen LogP contribution in [0.2, 0.25) is 0 Å². The molecule has 132 valence electrons. The molecule has 2 rings (SSSR count). The molecule has 0 unspecified atom stereocenters. The van der Waals surface area contributed by atoms with E-state index in [0.29, 0.717) is 24.1 Å². The molecule has 0 aliphatic rings. The van der Waals surface area contributed by atoms with Gasteiger partial charge in [-0.2, -0.15) is 0 Å². The lowest BCUT2D eigenvalue weighted by molar-refractivity contribution is -0.117. The molecule has 1 aromatic heterocycles. The molecule has 0 saturated heterocycles. The number of amides is 3. The monoisotopic (exact) mass is 359 g/mol. The third-order valence-electron chi connectivity index (χ3n) is 3.18. The van der Waals surface area contributed by atoms with E-state index in [1.54, 1.807) is 6.08 Å². The van der Waals surface area contributed by atoms with Crippen LogP contribution in [0.4, 0.5) is 4.79 Å². The minimum absolute atomic E-state index is 0.0730. The van der Waals surface area contributed by atoms with Crippen LogP contribution in [0, 0.1) is 0 Å². The summed E-state index contributed by atoms with van der Waals surface area (Å²) in [4.78, 5) is 23.3. The van der Waals surface area contributed by atoms with Crippen molar-refractivity contribution in [2.75, 3.05) is 12.3 Å². The average Bonchev–Trinajstić information content (AvgIpc) is 3.02. The van der Waals surface area contributed by atoms with Crippen LogP contribution in [0.1, 0.15) is 13.3 Å². The lowest BCUT2D eigenvalue weighted by atomic mass is 10.2. The Morgan fingerprint density at radius 1 is 1.28 bits per heavy atom. The van der Waals surface area contributed by atoms with Crippen LogP contribution >= 0.6 is 11.8 Å². The molecule has 0 fully saturated rings. The zero-order valence-electron chi connectivity index (χ0n) is 14.1. The Morgan fingerprint density at radius 2 is 2.04 bits per heavy atom. The van der Waals surface area contributed by atoms with E-state index in [9.17, 15) is 9.59 Å². The van der Waals surface area contributed by atoms with Gasteiger partial charge in [-0.1, -0.05) is 55.1 Å². The van der Waals surface area contributed by atoms with Gasteiger partial charge >= 0.3 is 6.03 Å². The number of thioether (sulfide) groups is 1. The fraction of sp³-hybridized carbons (Fsp3) is 0.294. The number of nitrogens with one attached hydrogen (secondary N) is 2. The summed E-state index contributed by atoms with van der Waals surface area (Å²) in [6.07, 6.45) is 2.56. The molecule has 1 aromatic carbocycles. The summed E-state index contributed by atoms with van der Waals surface area (Å²) in [5.74, 6) is 0.404. The van der Waals surface area contributed by atoms with Crippen molar-refractivity contribution in [3.63, 3.8) is 0 Å². The molecule has 7 nitrogen and oxygen atoms in total. The van der Waals surface area contributed by atoms with Crippen molar-refractivity contribution in [3.8, 4) is 11.4 Å². The Balaban J connectivity index is 2.02. The lowest BCUT2D eigenvalue weighted by Gasteiger charge is -2.08. The smallest absolute Gasteiger partial charge is 0.321 e. The van der Waals surface area contributed by atoms with Gasteiger partial charge in [0.05, 0.1) is 5.75 Å². The van der Waals surface area contributed by atoms with Crippen molar-refractivity contribution in [2.24, 2.45) is 0 Å². The summed E-state index contributed by atoms with van der Waals surface area (Å²) in [5.41, 5.74) is 0.937. The van der Waals surface area contributed by atoms with Gasteiger partial charge in [-0.15, -0.1) is 16.8 Å². The van der Waals surface area contributed by atoms with Crippen LogP contribution in [-0.4, -0.2) is 39.0 Å². The molecule has 0 radical (unpaired) electrons. The van der Waals surface area contributed by atoms with Crippen molar-refractivity contribution in [1.82, 2.24) is 25.4 Å². The first kappa shape index (κ1) is 18.7. The Labute approximate surface area is 150 Å². The zero-order chi connectivity index (χ0) is 18.1. The first-order valence-electron chi connectivity index (χ1n) is 7.95. The maximum atomic E-state index is 11.9. The van der Waals surface area contributed by atoms with Crippen LogP contribution in [0.5, 0.6) is 0 Å². The van der Waals surface area contributed by atoms with E-state index >= 15 is 0 Å². The Morgan fingerprint density at radius 3 is 2.72 bits per heavy atom. The highest BCUT2D eigenvalue weighted by Crippen LogP contribution is 2.23. The van der Waals surface area contributed by atoms with Gasteiger partial charge in [-0.05, 0) is 6.42 Å². The van der Waals surface area contributed by atoms with Gasteiger partial charge in [0.15, 0.2) is 11.0 Å². The number of hydrogen-bond acceptors (Lipinski definition) is 5. The number of hydrogen-bond donors (Lipinski definition) is 2. The normalized spacial score (nSPS) is 10.3. The summed E-state index contributed by atoms with van der Waals surface area (Å²) >= 11 is 1.23. The number of carbonyl (C=O) groups excluding carboxylic acids is 2. The molecule has 2 aromatic rings. The molecule has 25 heavy (non-hydrogen) atoms. The van der Waals surface area contributed by atoms with Crippen LogP contribution in [0.3, 0.4) is 0 Å². The van der Waals surface area contributed by atoms with E-state index in [1.165, 1.54) is 11.8 Å². The quantitative estimate of drug-likeness (QED) is 0.558. The topological polar surface area (TPSA) is 88.9 Å². The SMILES string of the molecule is C=CCn1c(SCC(=O)NC(=O)NCCC)nnc1-c1ccccc1. The average molecular weight is 359 g/mol. The fourth-order valence-electron chi connectivity index (χ4n) is 2.07. The van der Waals surface area contributed by atoms with E-state index in [0.717, 1.165) is 12.0 Å². The van der Waals surface area contributed by atoms with Crippen molar-refractivity contribution in [1.29, 1.82) is 0 Å². The van der Waals surface area contributed by atoms with Gasteiger partial charge in [0.2, 0.25) is 5.91 Å². The first-order chi connectivity index (χ1) is 12.2. The molecule has 3 amide bonds. The van der Waals surface area contributed by atoms with E-state index in [4.69, 9.17) is 0 Å². The van der Waals surface area contributed by atoms with Crippen LogP contribution < -0.4 is 10.6 Å². The van der Waals surface area contributed by atoms with Crippen molar-refractivity contribution < 1.29 is 9.59 Å². The number of carbonyl (C=O) groups is 2. The van der Waals surface area contributed by atoms with Gasteiger partial charge in [0.25, 0.3) is 0 Å². The number of benzene rings is 1. The summed E-state index contributed by atoms with van der Waals surface area (Å²) in [6.45, 7) is 6.75. The second-order valence-electron chi connectivity index (χ2n) is 5.16. The first-order valence-corrected chi connectivity index (χ1v) is 8.94. The second kappa shape index (κ2) is 9.63. The van der Waals surface area contributed by atoms with Crippen LogP contribution in [0.25, 0.3) is 11.4 Å². The number of aromatic nitrogens is 3. The molecule has 0 spiro atoms. The van der Waals surface area contributed by atoms with E-state index in [-0.39, 0.29) is 11.7 Å². The van der Waals surface area contributed by atoms with Crippen molar-refractivity contribution in [3.05, 3.63) is 43.0 Å². The number of imide groups is 1. The molecular weight excluding hydrogens is 338 g/mol. The number of rotatable bonds is 8. The summed E-state index contributed by atoms with van der Waals surface area (Å²) in [7, 11) is 0. The lowest BCUT2D eigenvalue weighted by Crippen LogP contribution is -2.40. The number of nitrogens with zero attached hydrogens (tertiary/aromatic N) is 3. The van der Waals surface area contributed by atoms with Gasteiger partial charge in [0.1, 0.15) is 0 Å². The van der Waals surface area contributed by atoms with E-state index in [1.807, 2.05) is 41.8 Å². The van der Waals surface area contributed by atoms with Gasteiger partial charge in [-0.25, -0.2) is 4.79 Å². The molecule has 2 N–H and O–H groups in total. The highest BCUT2D eigenvalue weighted by atomic mass is 32.2. The Bertz CT molecular complexity index is 730. The maximum absolute atomic E-state index is 11.9. The molecule has 0 saturated carbocycles. The molecular formula is C17H21N5O2S. The zero-order valence-corrected chi connectivity index (χ0v) is 14.9. The highest BCUT2D eigenvalue weighted by Gasteiger charge is 2.15. The summed E-state index contributed by atoms with van der Waals surface area (Å²) < 4.78 is 1.89. The summed E-state index contributed by atoms with van der Waals surface area (Å²) in [6, 6.07) is 9.20. The predicted molar refractivity (Wildman–Crippen MR) is 98.2 cm³/mol. The predicted octanol–water partition coefficient (Wildman–Crippen LogP) is 2.46. The van der Waals surface area contributed by atoms with E-state index < -0.39 is 6.03 Å². The number of allylic oxidation sites excluding steroid dienone is 1. The highest BCUT2D eigenvalue weighted by molar-refractivity contribution is 7.99. The largest absolute Gasteiger partial charge is 0.338 e. The third kappa shape index (κ3) is 5.46. The van der Waals surface area contributed by atoms with Gasteiger partial charge in [0, 0.05) is 18.7 Å². The molecule has 0 atom stereocenters. The Kier molecular flexibility index (Phi) is 7.21. The van der Waals surface area contributed by atoms with Crippen molar-refractivity contribution in [2.45, 2.75) is 25.0 Å². The third-order valence-corrected chi connectivity index (χ3v) is 4.15. The molecule has 1 heterocycles. The fourth-order valence-corrected chi connectivity index (χ4v) is 2.81. The maximum Gasteiger partial charge on any atom is 0.321 e. The minimum atomic E-state index is -0.481.